The lowest BCUT2D eigenvalue weighted by atomic mass is 10.2. The monoisotopic (exact) mass is 520 g/mol. The Kier molecular flexibility index (Phi) is 6.74. The Morgan fingerprint density at radius 2 is 2.00 bits per heavy atom. The van der Waals surface area contributed by atoms with Crippen LogP contribution in [0.5, 0.6) is 11.6 Å². The van der Waals surface area contributed by atoms with Crippen LogP contribution in [0.4, 0.5) is 26.2 Å². The Balaban J connectivity index is 1.28. The zero-order chi connectivity index (χ0) is 25.9. The third-order valence-electron chi connectivity index (χ3n) is 5.67. The van der Waals surface area contributed by atoms with Crippen molar-refractivity contribution in [3.8, 4) is 22.9 Å². The molecular weight excluding hydrogens is 499 g/mol. The van der Waals surface area contributed by atoms with Gasteiger partial charge in [-0.2, -0.15) is 5.10 Å². The number of urea groups is 1. The summed E-state index contributed by atoms with van der Waals surface area (Å²) in [6.45, 7) is 0.882. The highest BCUT2D eigenvalue weighted by Crippen LogP contribution is 2.29. The SMILES string of the molecule is Cn1cc(-c2cccc(Oc3ccc(F)c(NC(=O)Nc4cc(Cl)cc(N5CCC(=O)C5)c4)c3)n2)cn1. The average Bonchev–Trinajstić information content (AvgIpc) is 3.49. The number of carbonyl (C=O) groups excluding carboxylic acids is 2. The zero-order valence-electron chi connectivity index (χ0n) is 19.7. The number of ether oxygens (including phenoxy) is 1. The summed E-state index contributed by atoms with van der Waals surface area (Å²) in [6, 6.07) is 13.6. The minimum atomic E-state index is -0.668. The van der Waals surface area contributed by atoms with Crippen LogP contribution in [0.2, 0.25) is 5.02 Å². The van der Waals surface area contributed by atoms with Crippen molar-refractivity contribution >= 4 is 40.5 Å². The van der Waals surface area contributed by atoms with Gasteiger partial charge in [0.15, 0.2) is 5.78 Å². The largest absolute Gasteiger partial charge is 0.439 e. The van der Waals surface area contributed by atoms with Crippen molar-refractivity contribution in [1.82, 2.24) is 14.8 Å². The molecule has 1 aliphatic rings. The number of nitrogens with one attached hydrogen (secondary N) is 2. The number of amides is 2. The Morgan fingerprint density at radius 1 is 1.14 bits per heavy atom. The van der Waals surface area contributed by atoms with E-state index in [4.69, 9.17) is 16.3 Å². The van der Waals surface area contributed by atoms with Crippen LogP contribution in [0.25, 0.3) is 11.3 Å². The van der Waals surface area contributed by atoms with E-state index in [2.05, 4.69) is 20.7 Å². The number of anilines is 3. The molecule has 1 fully saturated rings. The predicted octanol–water partition coefficient (Wildman–Crippen LogP) is 5.49. The number of pyridine rings is 1. The molecule has 9 nitrogen and oxygen atoms in total. The topological polar surface area (TPSA) is 101 Å². The van der Waals surface area contributed by atoms with E-state index in [1.54, 1.807) is 41.2 Å². The minimum Gasteiger partial charge on any atom is -0.439 e. The summed E-state index contributed by atoms with van der Waals surface area (Å²) in [5.41, 5.74) is 2.54. The first-order valence-electron chi connectivity index (χ1n) is 11.4. The molecule has 2 aromatic heterocycles. The molecular formula is C26H22ClFN6O3. The number of Topliss-reactive ketones (excluding diaryl/α,β-unsaturated/α-hetero) is 1. The van der Waals surface area contributed by atoms with E-state index in [1.807, 2.05) is 24.2 Å². The number of benzene rings is 2. The first kappa shape index (κ1) is 24.3. The highest BCUT2D eigenvalue weighted by molar-refractivity contribution is 6.31. The fourth-order valence-corrected chi connectivity index (χ4v) is 4.16. The molecule has 37 heavy (non-hydrogen) atoms. The molecule has 0 unspecified atom stereocenters. The van der Waals surface area contributed by atoms with Gasteiger partial charge in [-0.25, -0.2) is 14.2 Å². The van der Waals surface area contributed by atoms with Crippen molar-refractivity contribution in [2.45, 2.75) is 6.42 Å². The number of ketones is 1. The van der Waals surface area contributed by atoms with Crippen molar-refractivity contribution in [1.29, 1.82) is 0 Å². The fourth-order valence-electron chi connectivity index (χ4n) is 3.93. The highest BCUT2D eigenvalue weighted by Gasteiger charge is 2.20. The van der Waals surface area contributed by atoms with Crippen LogP contribution < -0.4 is 20.3 Å². The van der Waals surface area contributed by atoms with Crippen molar-refractivity contribution in [2.75, 3.05) is 28.6 Å². The first-order valence-corrected chi connectivity index (χ1v) is 11.8. The molecule has 188 valence electrons. The molecule has 2 aromatic carbocycles. The van der Waals surface area contributed by atoms with Gasteiger partial charge >= 0.3 is 6.03 Å². The van der Waals surface area contributed by atoms with Gasteiger partial charge in [-0.15, -0.1) is 0 Å². The molecule has 5 rings (SSSR count). The van der Waals surface area contributed by atoms with Crippen LogP contribution in [-0.2, 0) is 11.8 Å². The number of rotatable bonds is 6. The Bertz CT molecular complexity index is 1490. The van der Waals surface area contributed by atoms with Crippen LogP contribution in [0.15, 0.2) is 67.0 Å². The average molecular weight is 521 g/mol. The van der Waals surface area contributed by atoms with Crippen LogP contribution >= 0.6 is 11.6 Å². The summed E-state index contributed by atoms with van der Waals surface area (Å²) in [5.74, 6) is 0.0947. The number of aryl methyl sites for hydroxylation is 1. The van der Waals surface area contributed by atoms with Gasteiger partial charge in [0.1, 0.15) is 11.6 Å². The predicted molar refractivity (Wildman–Crippen MR) is 139 cm³/mol. The van der Waals surface area contributed by atoms with E-state index < -0.39 is 11.8 Å². The van der Waals surface area contributed by atoms with Crippen LogP contribution in [-0.4, -0.2) is 39.7 Å². The summed E-state index contributed by atoms with van der Waals surface area (Å²) < 4.78 is 22.0. The summed E-state index contributed by atoms with van der Waals surface area (Å²) in [4.78, 5) is 30.6. The van der Waals surface area contributed by atoms with Gasteiger partial charge in [-0.05, 0) is 36.4 Å². The Hall–Kier alpha value is -4.44. The van der Waals surface area contributed by atoms with Gasteiger partial charge in [-0.1, -0.05) is 17.7 Å². The van der Waals surface area contributed by atoms with Crippen LogP contribution in [0.1, 0.15) is 6.42 Å². The van der Waals surface area contributed by atoms with Crippen molar-refractivity contribution < 1.29 is 18.7 Å². The second-order valence-corrected chi connectivity index (χ2v) is 8.93. The quantitative estimate of drug-likeness (QED) is 0.348. The molecule has 11 heteroatoms. The first-order chi connectivity index (χ1) is 17.8. The lowest BCUT2D eigenvalue weighted by Gasteiger charge is -2.18. The zero-order valence-corrected chi connectivity index (χ0v) is 20.5. The summed E-state index contributed by atoms with van der Waals surface area (Å²) >= 11 is 6.21. The summed E-state index contributed by atoms with van der Waals surface area (Å²) in [5, 5.41) is 9.69. The smallest absolute Gasteiger partial charge is 0.323 e. The normalized spacial score (nSPS) is 13.1. The van der Waals surface area contributed by atoms with Gasteiger partial charge < -0.3 is 20.3 Å². The Labute approximate surface area is 216 Å². The van der Waals surface area contributed by atoms with Crippen LogP contribution in [0, 0.1) is 5.82 Å². The third-order valence-corrected chi connectivity index (χ3v) is 5.88. The van der Waals surface area contributed by atoms with Crippen molar-refractivity contribution in [3.63, 3.8) is 0 Å². The number of hydrogen-bond acceptors (Lipinski definition) is 6. The van der Waals surface area contributed by atoms with E-state index in [9.17, 15) is 14.0 Å². The molecule has 2 N–H and O–H groups in total. The third kappa shape index (κ3) is 5.87. The van der Waals surface area contributed by atoms with E-state index in [1.165, 1.54) is 18.2 Å². The molecule has 0 atom stereocenters. The van der Waals surface area contributed by atoms with Crippen molar-refractivity contribution in [2.24, 2.45) is 7.05 Å². The second-order valence-electron chi connectivity index (χ2n) is 8.49. The number of aromatic nitrogens is 3. The maximum Gasteiger partial charge on any atom is 0.323 e. The molecule has 0 spiro atoms. The van der Waals surface area contributed by atoms with Gasteiger partial charge in [-0.3, -0.25) is 9.48 Å². The number of carbonyl (C=O) groups is 2. The second kappa shape index (κ2) is 10.3. The molecule has 1 aliphatic heterocycles. The van der Waals surface area contributed by atoms with E-state index >= 15 is 0 Å². The summed E-state index contributed by atoms with van der Waals surface area (Å²) in [6.07, 6.45) is 3.99. The van der Waals surface area contributed by atoms with E-state index in [-0.39, 0.29) is 17.2 Å². The molecule has 2 amide bonds. The number of hydrogen-bond donors (Lipinski definition) is 2. The molecule has 0 bridgehead atoms. The molecule has 0 saturated carbocycles. The minimum absolute atomic E-state index is 0.0780. The standard InChI is InChI=1S/C26H22ClFN6O3/c1-33-14-16(13-29-33)23-3-2-4-25(31-23)37-21-5-6-22(28)24(12-21)32-26(36)30-18-9-17(27)10-19(11-18)34-8-7-20(35)15-34/h2-6,9-14H,7-8,15H2,1H3,(H2,30,32,36). The Morgan fingerprint density at radius 3 is 2.76 bits per heavy atom. The summed E-state index contributed by atoms with van der Waals surface area (Å²) in [7, 11) is 1.81. The maximum absolute atomic E-state index is 14.5. The molecule has 1 saturated heterocycles. The van der Waals surface area contributed by atoms with Gasteiger partial charge in [0, 0.05) is 60.3 Å². The van der Waals surface area contributed by atoms with Gasteiger partial charge in [0.05, 0.1) is 24.1 Å². The fraction of sp³-hybridized carbons (Fsp3) is 0.154. The molecule has 0 aliphatic carbocycles. The maximum atomic E-state index is 14.5. The van der Waals surface area contributed by atoms with Crippen molar-refractivity contribution in [3.05, 3.63) is 77.8 Å². The number of halogens is 2. The molecule has 4 aromatic rings. The number of nitrogens with zero attached hydrogens (tertiary/aromatic N) is 4. The molecule has 3 heterocycles. The lowest BCUT2D eigenvalue weighted by Crippen LogP contribution is -2.22. The van der Waals surface area contributed by atoms with Gasteiger partial charge in [0.2, 0.25) is 5.88 Å². The molecule has 0 radical (unpaired) electrons. The van der Waals surface area contributed by atoms with E-state index in [0.717, 1.165) is 11.3 Å². The lowest BCUT2D eigenvalue weighted by molar-refractivity contribution is -0.116. The van der Waals surface area contributed by atoms with Crippen LogP contribution in [0.3, 0.4) is 0 Å². The van der Waals surface area contributed by atoms with Gasteiger partial charge in [0.25, 0.3) is 0 Å². The van der Waals surface area contributed by atoms with E-state index in [0.29, 0.717) is 41.8 Å². The highest BCUT2D eigenvalue weighted by atomic mass is 35.5.